The molecule has 2 rings (SSSR count). The van der Waals surface area contributed by atoms with E-state index in [2.05, 4.69) is 40.8 Å². The van der Waals surface area contributed by atoms with Gasteiger partial charge in [-0.2, -0.15) is 9.36 Å². The van der Waals surface area contributed by atoms with Gasteiger partial charge in [-0.1, -0.05) is 38.6 Å². The highest BCUT2D eigenvalue weighted by Crippen LogP contribution is 2.31. The number of anilines is 2. The van der Waals surface area contributed by atoms with Crippen molar-refractivity contribution in [3.63, 3.8) is 0 Å². The fourth-order valence-electron chi connectivity index (χ4n) is 1.40. The van der Waals surface area contributed by atoms with Crippen LogP contribution in [0.15, 0.2) is 29.4 Å². The second-order valence-electron chi connectivity index (χ2n) is 5.19. The Bertz CT molecular complexity index is 639. The molecule has 0 spiro atoms. The SMILES string of the molecule is CC(C)(C)Sc1nsc(NC(=O)Nc2cccc(F)c2)n1. The van der Waals surface area contributed by atoms with E-state index in [1.54, 1.807) is 6.07 Å². The molecule has 1 heterocycles. The number of urea groups is 1. The summed E-state index contributed by atoms with van der Waals surface area (Å²) in [6, 6.07) is 5.19. The van der Waals surface area contributed by atoms with Crippen molar-refractivity contribution in [2.45, 2.75) is 30.7 Å². The van der Waals surface area contributed by atoms with Gasteiger partial charge < -0.3 is 5.32 Å². The average molecular weight is 326 g/mol. The fraction of sp³-hybridized carbons (Fsp3) is 0.308. The standard InChI is InChI=1S/C13H15FN4OS2/c1-13(2,3)20-12-17-11(21-18-12)16-10(19)15-9-6-4-5-8(14)7-9/h4-7H,1-3H3,(H2,15,16,17,18,19). The van der Waals surface area contributed by atoms with Gasteiger partial charge in [0, 0.05) is 22.0 Å². The van der Waals surface area contributed by atoms with Gasteiger partial charge >= 0.3 is 6.03 Å². The molecule has 0 aliphatic rings. The number of benzene rings is 1. The highest BCUT2D eigenvalue weighted by atomic mass is 32.2. The summed E-state index contributed by atoms with van der Waals surface area (Å²) in [4.78, 5) is 16.0. The molecular weight excluding hydrogens is 311 g/mol. The van der Waals surface area contributed by atoms with Crippen LogP contribution < -0.4 is 10.6 Å². The van der Waals surface area contributed by atoms with E-state index in [1.807, 2.05) is 0 Å². The number of hydrogen-bond donors (Lipinski definition) is 2. The highest BCUT2D eigenvalue weighted by Gasteiger charge is 2.16. The van der Waals surface area contributed by atoms with Crippen LogP contribution in [0, 0.1) is 5.82 Å². The smallest absolute Gasteiger partial charge is 0.308 e. The predicted molar refractivity (Wildman–Crippen MR) is 84.6 cm³/mol. The van der Waals surface area contributed by atoms with E-state index < -0.39 is 11.8 Å². The van der Waals surface area contributed by atoms with Crippen molar-refractivity contribution in [1.82, 2.24) is 9.36 Å². The Labute approximate surface area is 130 Å². The first-order valence-corrected chi connectivity index (χ1v) is 7.77. The van der Waals surface area contributed by atoms with Crippen LogP contribution >= 0.6 is 23.3 Å². The van der Waals surface area contributed by atoms with Gasteiger partial charge in [0.1, 0.15) is 5.82 Å². The number of carbonyl (C=O) groups is 1. The van der Waals surface area contributed by atoms with E-state index in [4.69, 9.17) is 0 Å². The maximum absolute atomic E-state index is 13.0. The largest absolute Gasteiger partial charge is 0.325 e. The number of aromatic nitrogens is 2. The van der Waals surface area contributed by atoms with Crippen LogP contribution in [-0.2, 0) is 0 Å². The molecule has 0 aliphatic heterocycles. The average Bonchev–Trinajstić information content (AvgIpc) is 2.73. The topological polar surface area (TPSA) is 66.9 Å². The summed E-state index contributed by atoms with van der Waals surface area (Å²) >= 11 is 2.63. The van der Waals surface area contributed by atoms with E-state index in [0.717, 1.165) is 11.5 Å². The van der Waals surface area contributed by atoms with Gasteiger partial charge in [0.2, 0.25) is 10.3 Å². The molecule has 1 aromatic heterocycles. The summed E-state index contributed by atoms with van der Waals surface area (Å²) in [6.07, 6.45) is 0. The normalized spacial score (nSPS) is 11.2. The zero-order chi connectivity index (χ0) is 15.5. The van der Waals surface area contributed by atoms with Crippen molar-refractivity contribution < 1.29 is 9.18 Å². The lowest BCUT2D eigenvalue weighted by molar-refractivity contribution is 0.262. The Morgan fingerprint density at radius 3 is 2.76 bits per heavy atom. The minimum Gasteiger partial charge on any atom is -0.308 e. The van der Waals surface area contributed by atoms with Gasteiger partial charge in [-0.3, -0.25) is 5.32 Å². The summed E-state index contributed by atoms with van der Waals surface area (Å²) in [6.45, 7) is 6.17. The summed E-state index contributed by atoms with van der Waals surface area (Å²) in [7, 11) is 0. The maximum Gasteiger partial charge on any atom is 0.325 e. The van der Waals surface area contributed by atoms with Crippen LogP contribution in [0.4, 0.5) is 20.0 Å². The van der Waals surface area contributed by atoms with Crippen LogP contribution in [0.2, 0.25) is 0 Å². The Kier molecular flexibility index (Phi) is 4.79. The lowest BCUT2D eigenvalue weighted by atomic mass is 10.3. The fourth-order valence-corrected chi connectivity index (χ4v) is 2.88. The summed E-state index contributed by atoms with van der Waals surface area (Å²) < 4.78 is 17.2. The molecule has 0 saturated carbocycles. The number of halogens is 1. The van der Waals surface area contributed by atoms with E-state index in [1.165, 1.54) is 30.0 Å². The van der Waals surface area contributed by atoms with Crippen molar-refractivity contribution in [3.8, 4) is 0 Å². The van der Waals surface area contributed by atoms with Crippen LogP contribution in [0.3, 0.4) is 0 Å². The lowest BCUT2D eigenvalue weighted by Gasteiger charge is -2.13. The first-order chi connectivity index (χ1) is 9.82. The van der Waals surface area contributed by atoms with Gasteiger partial charge in [0.05, 0.1) is 0 Å². The number of nitrogens with one attached hydrogen (secondary N) is 2. The molecule has 112 valence electrons. The van der Waals surface area contributed by atoms with Crippen molar-refractivity contribution >= 4 is 40.1 Å². The minimum absolute atomic E-state index is 0.00215. The Morgan fingerprint density at radius 1 is 1.33 bits per heavy atom. The molecule has 0 saturated heterocycles. The minimum atomic E-state index is -0.482. The van der Waals surface area contributed by atoms with E-state index in [-0.39, 0.29) is 4.75 Å². The first-order valence-electron chi connectivity index (χ1n) is 6.18. The third-order valence-electron chi connectivity index (χ3n) is 2.11. The van der Waals surface area contributed by atoms with Gasteiger partial charge in [0.15, 0.2) is 0 Å². The Hall–Kier alpha value is -1.67. The van der Waals surface area contributed by atoms with Gasteiger partial charge in [-0.15, -0.1) is 0 Å². The van der Waals surface area contributed by atoms with Crippen molar-refractivity contribution in [2.24, 2.45) is 0 Å². The van der Waals surface area contributed by atoms with E-state index in [9.17, 15) is 9.18 Å². The molecule has 21 heavy (non-hydrogen) atoms. The molecule has 8 heteroatoms. The molecule has 1 aromatic carbocycles. The quantitative estimate of drug-likeness (QED) is 0.829. The number of amides is 2. The second-order valence-corrected chi connectivity index (χ2v) is 7.73. The maximum atomic E-state index is 13.0. The summed E-state index contributed by atoms with van der Waals surface area (Å²) in [5, 5.41) is 6.12. The van der Waals surface area contributed by atoms with Crippen LogP contribution in [0.25, 0.3) is 0 Å². The number of rotatable bonds is 3. The molecule has 0 fully saturated rings. The second kappa shape index (κ2) is 6.40. The molecule has 5 nitrogen and oxygen atoms in total. The number of nitrogens with zero attached hydrogens (tertiary/aromatic N) is 2. The van der Waals surface area contributed by atoms with Crippen molar-refractivity contribution in [1.29, 1.82) is 0 Å². The van der Waals surface area contributed by atoms with E-state index >= 15 is 0 Å². The van der Waals surface area contributed by atoms with Gasteiger partial charge in [0.25, 0.3) is 0 Å². The number of carbonyl (C=O) groups excluding carboxylic acids is 1. The number of thioether (sulfide) groups is 1. The zero-order valence-electron chi connectivity index (χ0n) is 11.8. The molecule has 0 bridgehead atoms. The monoisotopic (exact) mass is 326 g/mol. The van der Waals surface area contributed by atoms with Crippen molar-refractivity contribution in [2.75, 3.05) is 10.6 Å². The zero-order valence-corrected chi connectivity index (χ0v) is 13.4. The first kappa shape index (κ1) is 15.7. The van der Waals surface area contributed by atoms with Crippen LogP contribution in [0.1, 0.15) is 20.8 Å². The van der Waals surface area contributed by atoms with Crippen LogP contribution in [0.5, 0.6) is 0 Å². The molecule has 2 amide bonds. The Balaban J connectivity index is 1.94. The summed E-state index contributed by atoms with van der Waals surface area (Å²) in [5.74, 6) is -0.410. The third kappa shape index (κ3) is 5.31. The third-order valence-corrected chi connectivity index (χ3v) is 3.83. The molecule has 0 unspecified atom stereocenters. The lowest BCUT2D eigenvalue weighted by Crippen LogP contribution is -2.19. The molecule has 2 aromatic rings. The molecule has 0 atom stereocenters. The predicted octanol–water partition coefficient (Wildman–Crippen LogP) is 4.21. The van der Waals surface area contributed by atoms with E-state index in [0.29, 0.717) is 16.0 Å². The Morgan fingerprint density at radius 2 is 2.10 bits per heavy atom. The van der Waals surface area contributed by atoms with Gasteiger partial charge in [-0.05, 0) is 18.2 Å². The highest BCUT2D eigenvalue weighted by molar-refractivity contribution is 8.00. The van der Waals surface area contributed by atoms with Gasteiger partial charge in [-0.25, -0.2) is 9.18 Å². The van der Waals surface area contributed by atoms with Crippen molar-refractivity contribution in [3.05, 3.63) is 30.1 Å². The molecule has 2 N–H and O–H groups in total. The molecule has 0 radical (unpaired) electrons. The number of hydrogen-bond acceptors (Lipinski definition) is 5. The van der Waals surface area contributed by atoms with Crippen LogP contribution in [-0.4, -0.2) is 20.1 Å². The molecule has 0 aliphatic carbocycles. The molecular formula is C13H15FN4OS2. The summed E-state index contributed by atoms with van der Waals surface area (Å²) in [5.41, 5.74) is 0.376.